The fourth-order valence-corrected chi connectivity index (χ4v) is 3.47. The fraction of sp³-hybridized carbons (Fsp3) is 0.176. The highest BCUT2D eigenvalue weighted by atomic mass is 32.2. The Kier molecular flexibility index (Phi) is 5.28. The number of methoxy groups -OCH3 is 1. The number of carbonyl (C=O) groups is 1. The number of hydrogen-bond acceptors (Lipinski definition) is 6. The standard InChI is InChI=1S/C17H18N4O5S/c1-25-6-7-26-12-8-11-9-14(17(18)22)20-16(11)13(10-12)21-27(23,24)15-4-2-3-5-19-15/h2-5,8-10,20-21H,6-7H2,1H3,(H2,18,22). The summed E-state index contributed by atoms with van der Waals surface area (Å²) in [6.45, 7) is 0.647. The van der Waals surface area contributed by atoms with Crippen molar-refractivity contribution in [1.82, 2.24) is 9.97 Å². The van der Waals surface area contributed by atoms with Crippen LogP contribution >= 0.6 is 0 Å². The van der Waals surface area contributed by atoms with Crippen molar-refractivity contribution in [2.24, 2.45) is 5.73 Å². The predicted octanol–water partition coefficient (Wildman–Crippen LogP) is 1.49. The molecule has 27 heavy (non-hydrogen) atoms. The second kappa shape index (κ2) is 7.64. The zero-order chi connectivity index (χ0) is 19.4. The van der Waals surface area contributed by atoms with E-state index in [1.165, 1.54) is 24.4 Å². The van der Waals surface area contributed by atoms with E-state index < -0.39 is 15.9 Å². The monoisotopic (exact) mass is 390 g/mol. The molecule has 0 unspecified atom stereocenters. The number of rotatable bonds is 8. The van der Waals surface area contributed by atoms with E-state index in [-0.39, 0.29) is 23.0 Å². The summed E-state index contributed by atoms with van der Waals surface area (Å²) in [5.74, 6) is -0.250. The lowest BCUT2D eigenvalue weighted by atomic mass is 10.2. The molecule has 0 saturated carbocycles. The molecule has 0 saturated heterocycles. The van der Waals surface area contributed by atoms with Crippen LogP contribution in [0.5, 0.6) is 5.75 Å². The molecule has 3 rings (SSSR count). The molecule has 0 fully saturated rings. The Morgan fingerprint density at radius 3 is 2.74 bits per heavy atom. The molecule has 0 aliphatic carbocycles. The zero-order valence-corrected chi connectivity index (χ0v) is 15.2. The molecule has 0 spiro atoms. The van der Waals surface area contributed by atoms with E-state index in [1.54, 1.807) is 25.3 Å². The second-order valence-electron chi connectivity index (χ2n) is 5.60. The summed E-state index contributed by atoms with van der Waals surface area (Å²) in [7, 11) is -2.39. The Morgan fingerprint density at radius 1 is 1.26 bits per heavy atom. The van der Waals surface area contributed by atoms with Gasteiger partial charge in [-0.15, -0.1) is 0 Å². The number of hydrogen-bond donors (Lipinski definition) is 3. The normalized spacial score (nSPS) is 11.4. The fourth-order valence-electron chi connectivity index (χ4n) is 2.46. The van der Waals surface area contributed by atoms with Gasteiger partial charge in [0.15, 0.2) is 5.03 Å². The van der Waals surface area contributed by atoms with Gasteiger partial charge in [0.05, 0.1) is 17.8 Å². The molecule has 2 heterocycles. The SMILES string of the molecule is COCCOc1cc(NS(=O)(=O)c2ccccn2)c2[nH]c(C(N)=O)cc2c1. The van der Waals surface area contributed by atoms with E-state index in [2.05, 4.69) is 14.7 Å². The topological polar surface area (TPSA) is 136 Å². The van der Waals surface area contributed by atoms with Crippen LogP contribution in [0.1, 0.15) is 10.5 Å². The van der Waals surface area contributed by atoms with Gasteiger partial charge >= 0.3 is 0 Å². The molecule has 9 nitrogen and oxygen atoms in total. The average Bonchev–Trinajstić information content (AvgIpc) is 3.07. The second-order valence-corrected chi connectivity index (χ2v) is 7.23. The number of H-pyrrole nitrogens is 1. The number of nitrogens with zero attached hydrogens (tertiary/aromatic N) is 1. The largest absolute Gasteiger partial charge is 0.491 e. The zero-order valence-electron chi connectivity index (χ0n) is 14.4. The maximum atomic E-state index is 12.6. The molecule has 1 aromatic carbocycles. The van der Waals surface area contributed by atoms with Crippen molar-refractivity contribution in [3.63, 3.8) is 0 Å². The highest BCUT2D eigenvalue weighted by Crippen LogP contribution is 2.31. The van der Waals surface area contributed by atoms with Gasteiger partial charge in [0.2, 0.25) is 0 Å². The number of nitrogens with one attached hydrogen (secondary N) is 2. The molecule has 0 atom stereocenters. The number of aromatic nitrogens is 2. The van der Waals surface area contributed by atoms with E-state index in [4.69, 9.17) is 15.2 Å². The minimum absolute atomic E-state index is 0.134. The van der Waals surface area contributed by atoms with Crippen molar-refractivity contribution in [2.45, 2.75) is 5.03 Å². The number of carbonyl (C=O) groups excluding carboxylic acids is 1. The summed E-state index contributed by atoms with van der Waals surface area (Å²) < 4.78 is 38.2. The Labute approximate surface area is 155 Å². The predicted molar refractivity (Wildman–Crippen MR) is 99.2 cm³/mol. The molecular formula is C17H18N4O5S. The Hall–Kier alpha value is -3.11. The molecule has 3 aromatic rings. The summed E-state index contributed by atoms with van der Waals surface area (Å²) in [4.78, 5) is 18.2. The van der Waals surface area contributed by atoms with Gasteiger partial charge in [-0.1, -0.05) is 6.07 Å². The van der Waals surface area contributed by atoms with Crippen molar-refractivity contribution >= 4 is 32.5 Å². The Balaban J connectivity index is 2.04. The minimum Gasteiger partial charge on any atom is -0.491 e. The van der Waals surface area contributed by atoms with E-state index >= 15 is 0 Å². The first-order valence-corrected chi connectivity index (χ1v) is 9.41. The summed E-state index contributed by atoms with van der Waals surface area (Å²) in [5.41, 5.74) is 6.08. The first-order valence-electron chi connectivity index (χ1n) is 7.93. The van der Waals surface area contributed by atoms with Crippen molar-refractivity contribution < 1.29 is 22.7 Å². The van der Waals surface area contributed by atoms with Crippen LogP contribution in [0.3, 0.4) is 0 Å². The van der Waals surface area contributed by atoms with E-state index in [9.17, 15) is 13.2 Å². The van der Waals surface area contributed by atoms with Gasteiger partial charge < -0.3 is 20.2 Å². The third-order valence-corrected chi connectivity index (χ3v) is 4.96. The van der Waals surface area contributed by atoms with Crippen LogP contribution in [-0.4, -0.2) is 44.6 Å². The molecule has 0 bridgehead atoms. The number of benzene rings is 1. The summed E-state index contributed by atoms with van der Waals surface area (Å²) in [5, 5.41) is 0.433. The third kappa shape index (κ3) is 4.18. The number of ether oxygens (including phenoxy) is 2. The maximum absolute atomic E-state index is 12.6. The van der Waals surface area contributed by atoms with Crippen LogP contribution in [0.4, 0.5) is 5.69 Å². The molecule has 4 N–H and O–H groups in total. The van der Waals surface area contributed by atoms with Crippen molar-refractivity contribution in [3.05, 3.63) is 48.3 Å². The van der Waals surface area contributed by atoms with Crippen molar-refractivity contribution in [2.75, 3.05) is 25.0 Å². The van der Waals surface area contributed by atoms with E-state index in [0.29, 0.717) is 23.3 Å². The number of primary amides is 1. The first-order chi connectivity index (χ1) is 12.9. The van der Waals surface area contributed by atoms with Gasteiger partial charge in [0.25, 0.3) is 15.9 Å². The van der Waals surface area contributed by atoms with Gasteiger partial charge in [-0.05, 0) is 24.3 Å². The van der Waals surface area contributed by atoms with Gasteiger partial charge in [0, 0.05) is 24.8 Å². The molecule has 2 aromatic heterocycles. The molecule has 0 aliphatic heterocycles. The average molecular weight is 390 g/mol. The lowest BCUT2D eigenvalue weighted by molar-refractivity contribution is 0.0996. The summed E-state index contributed by atoms with van der Waals surface area (Å²) in [6, 6.07) is 9.28. The molecule has 0 aliphatic rings. The van der Waals surface area contributed by atoms with Crippen LogP contribution < -0.4 is 15.2 Å². The number of pyridine rings is 1. The van der Waals surface area contributed by atoms with Crippen LogP contribution in [0.25, 0.3) is 10.9 Å². The molecular weight excluding hydrogens is 372 g/mol. The highest BCUT2D eigenvalue weighted by molar-refractivity contribution is 7.92. The molecule has 1 amide bonds. The van der Waals surface area contributed by atoms with Gasteiger partial charge in [0.1, 0.15) is 18.1 Å². The van der Waals surface area contributed by atoms with Crippen molar-refractivity contribution in [3.8, 4) is 5.75 Å². The Morgan fingerprint density at radius 2 is 2.07 bits per heavy atom. The molecule has 142 valence electrons. The first kappa shape index (κ1) is 18.7. The molecule has 0 radical (unpaired) electrons. The minimum atomic E-state index is -3.94. The number of anilines is 1. The van der Waals surface area contributed by atoms with E-state index in [0.717, 1.165) is 0 Å². The van der Waals surface area contributed by atoms with Crippen molar-refractivity contribution in [1.29, 1.82) is 0 Å². The number of sulfonamides is 1. The number of fused-ring (bicyclic) bond motifs is 1. The number of aromatic amines is 1. The smallest absolute Gasteiger partial charge is 0.279 e. The number of nitrogens with two attached hydrogens (primary N) is 1. The summed E-state index contributed by atoms with van der Waals surface area (Å²) in [6.07, 6.45) is 1.38. The lowest BCUT2D eigenvalue weighted by Crippen LogP contribution is -2.15. The third-order valence-electron chi connectivity index (χ3n) is 3.68. The summed E-state index contributed by atoms with van der Waals surface area (Å²) >= 11 is 0. The Bertz CT molecular complexity index is 1060. The van der Waals surface area contributed by atoms with E-state index in [1.807, 2.05) is 0 Å². The quantitative estimate of drug-likeness (QED) is 0.499. The van der Waals surface area contributed by atoms with Crippen LogP contribution in [0.15, 0.2) is 47.6 Å². The lowest BCUT2D eigenvalue weighted by Gasteiger charge is -2.11. The highest BCUT2D eigenvalue weighted by Gasteiger charge is 2.19. The molecule has 10 heteroatoms. The van der Waals surface area contributed by atoms with Gasteiger partial charge in [-0.25, -0.2) is 4.98 Å². The van der Waals surface area contributed by atoms with Crippen LogP contribution in [-0.2, 0) is 14.8 Å². The maximum Gasteiger partial charge on any atom is 0.279 e. The number of amides is 1. The van der Waals surface area contributed by atoms with Gasteiger partial charge in [-0.3, -0.25) is 9.52 Å². The van der Waals surface area contributed by atoms with Gasteiger partial charge in [-0.2, -0.15) is 8.42 Å². The van der Waals surface area contributed by atoms with Crippen LogP contribution in [0.2, 0.25) is 0 Å². The van der Waals surface area contributed by atoms with Crippen LogP contribution in [0, 0.1) is 0 Å².